The molecule has 5 nitrogen and oxygen atoms in total. The zero-order chi connectivity index (χ0) is 24.7. The third-order valence-corrected chi connectivity index (χ3v) is 5.48. The molecule has 0 radical (unpaired) electrons. The van der Waals surface area contributed by atoms with Crippen LogP contribution in [-0.4, -0.2) is 32.2 Å². The Labute approximate surface area is 201 Å². The maximum Gasteiger partial charge on any atom is 0.418 e. The van der Waals surface area contributed by atoms with Crippen molar-refractivity contribution >= 4 is 23.4 Å². The van der Waals surface area contributed by atoms with Gasteiger partial charge in [0.15, 0.2) is 0 Å². The standard InChI is InChI=1S/C27H25F3N2O3/c28-27(29,30)24-18-22(32-13-15-34-16-14-32)10-11-25(24)31-26(33)12-9-20-7-4-8-23(17-20)35-19-21-5-2-1-3-6-21/h1-12,17-18H,13-16,19H2,(H,31,33)/b12-9+. The smallest absolute Gasteiger partial charge is 0.418 e. The summed E-state index contributed by atoms with van der Waals surface area (Å²) in [5, 5.41) is 2.36. The summed E-state index contributed by atoms with van der Waals surface area (Å²) < 4.78 is 52.2. The maximum atomic E-state index is 13.7. The minimum absolute atomic E-state index is 0.288. The molecule has 1 aliphatic heterocycles. The SMILES string of the molecule is O=C(/C=C/c1cccc(OCc2ccccc2)c1)Nc1ccc(N2CCOCC2)cc1C(F)(F)F. The summed E-state index contributed by atoms with van der Waals surface area (Å²) >= 11 is 0. The van der Waals surface area contributed by atoms with Gasteiger partial charge in [-0.3, -0.25) is 4.79 Å². The molecule has 1 amide bonds. The van der Waals surface area contributed by atoms with Gasteiger partial charge in [-0.2, -0.15) is 13.2 Å². The average Bonchev–Trinajstić information content (AvgIpc) is 2.87. The van der Waals surface area contributed by atoms with Crippen molar-refractivity contribution in [3.8, 4) is 5.75 Å². The fraction of sp³-hybridized carbons (Fsp3) is 0.222. The van der Waals surface area contributed by atoms with Gasteiger partial charge >= 0.3 is 6.18 Å². The van der Waals surface area contributed by atoms with Gasteiger partial charge in [0, 0.05) is 24.9 Å². The Kier molecular flexibility index (Phi) is 7.72. The van der Waals surface area contributed by atoms with Gasteiger partial charge in [0.05, 0.1) is 24.5 Å². The van der Waals surface area contributed by atoms with Crippen LogP contribution < -0.4 is 15.0 Å². The first kappa shape index (κ1) is 24.3. The second-order valence-corrected chi connectivity index (χ2v) is 8.00. The van der Waals surface area contributed by atoms with Crippen LogP contribution in [0.4, 0.5) is 24.5 Å². The summed E-state index contributed by atoms with van der Waals surface area (Å²) in [5.41, 5.74) is 0.975. The van der Waals surface area contributed by atoms with Gasteiger partial charge in [-0.1, -0.05) is 42.5 Å². The molecule has 0 aromatic heterocycles. The average molecular weight is 483 g/mol. The van der Waals surface area contributed by atoms with Crippen LogP contribution in [0, 0.1) is 0 Å². The molecule has 0 unspecified atom stereocenters. The van der Waals surface area contributed by atoms with Crippen LogP contribution in [-0.2, 0) is 22.3 Å². The van der Waals surface area contributed by atoms with Crippen molar-refractivity contribution < 1.29 is 27.4 Å². The zero-order valence-corrected chi connectivity index (χ0v) is 18.9. The largest absolute Gasteiger partial charge is 0.489 e. The first-order valence-corrected chi connectivity index (χ1v) is 11.2. The fourth-order valence-corrected chi connectivity index (χ4v) is 3.69. The third-order valence-electron chi connectivity index (χ3n) is 5.48. The van der Waals surface area contributed by atoms with Gasteiger partial charge in [0.2, 0.25) is 5.91 Å². The van der Waals surface area contributed by atoms with Gasteiger partial charge in [-0.15, -0.1) is 0 Å². The molecule has 0 saturated carbocycles. The molecular formula is C27H25F3N2O3. The van der Waals surface area contributed by atoms with Crippen LogP contribution in [0.25, 0.3) is 6.08 Å². The van der Waals surface area contributed by atoms with Gasteiger partial charge < -0.3 is 19.7 Å². The molecule has 3 aromatic rings. The van der Waals surface area contributed by atoms with Crippen molar-refractivity contribution in [1.29, 1.82) is 0 Å². The Morgan fingerprint density at radius 1 is 1.00 bits per heavy atom. The summed E-state index contributed by atoms with van der Waals surface area (Å²) in [5.74, 6) is -0.0419. The van der Waals surface area contributed by atoms with Crippen LogP contribution >= 0.6 is 0 Å². The van der Waals surface area contributed by atoms with E-state index in [9.17, 15) is 18.0 Å². The van der Waals surface area contributed by atoms with E-state index in [0.29, 0.717) is 49.9 Å². The highest BCUT2D eigenvalue weighted by molar-refractivity contribution is 6.02. The number of anilines is 2. The van der Waals surface area contributed by atoms with Crippen LogP contribution in [0.5, 0.6) is 5.75 Å². The zero-order valence-electron chi connectivity index (χ0n) is 18.9. The summed E-state index contributed by atoms with van der Waals surface area (Å²) in [6.07, 6.45) is -1.88. The molecule has 0 atom stereocenters. The first-order valence-electron chi connectivity index (χ1n) is 11.2. The van der Waals surface area contributed by atoms with Crippen LogP contribution in [0.2, 0.25) is 0 Å². The number of amides is 1. The minimum atomic E-state index is -4.61. The van der Waals surface area contributed by atoms with Crippen molar-refractivity contribution in [2.24, 2.45) is 0 Å². The van der Waals surface area contributed by atoms with E-state index in [1.165, 1.54) is 18.2 Å². The number of benzene rings is 3. The Morgan fingerprint density at radius 3 is 2.51 bits per heavy atom. The van der Waals surface area contributed by atoms with Gasteiger partial charge in [0.25, 0.3) is 0 Å². The molecule has 0 bridgehead atoms. The summed E-state index contributed by atoms with van der Waals surface area (Å²) in [4.78, 5) is 14.3. The second kappa shape index (κ2) is 11.1. The molecule has 0 aliphatic carbocycles. The molecule has 182 valence electrons. The molecular weight excluding hydrogens is 457 g/mol. The molecule has 1 N–H and O–H groups in total. The van der Waals surface area contributed by atoms with E-state index in [1.807, 2.05) is 35.2 Å². The number of nitrogens with zero attached hydrogens (tertiary/aromatic N) is 1. The van der Waals surface area contributed by atoms with Crippen LogP contribution in [0.15, 0.2) is 78.9 Å². The number of halogens is 3. The number of rotatable bonds is 7. The van der Waals surface area contributed by atoms with E-state index in [2.05, 4.69) is 5.32 Å². The number of carbonyl (C=O) groups is 1. The molecule has 1 aliphatic rings. The molecule has 0 spiro atoms. The number of hydrogen-bond donors (Lipinski definition) is 1. The number of hydrogen-bond acceptors (Lipinski definition) is 4. The molecule has 8 heteroatoms. The van der Waals surface area contributed by atoms with Crippen molar-refractivity contribution in [2.45, 2.75) is 12.8 Å². The van der Waals surface area contributed by atoms with Crippen LogP contribution in [0.1, 0.15) is 16.7 Å². The van der Waals surface area contributed by atoms with Gasteiger partial charge in [0.1, 0.15) is 12.4 Å². The number of nitrogens with one attached hydrogen (secondary N) is 1. The second-order valence-electron chi connectivity index (χ2n) is 8.00. The molecule has 1 saturated heterocycles. The van der Waals surface area contributed by atoms with Crippen molar-refractivity contribution in [2.75, 3.05) is 36.5 Å². The van der Waals surface area contributed by atoms with Crippen LogP contribution in [0.3, 0.4) is 0 Å². The molecule has 1 fully saturated rings. The first-order chi connectivity index (χ1) is 16.9. The Hall–Kier alpha value is -3.78. The predicted molar refractivity (Wildman–Crippen MR) is 129 cm³/mol. The summed E-state index contributed by atoms with van der Waals surface area (Å²) in [6.45, 7) is 2.35. The highest BCUT2D eigenvalue weighted by atomic mass is 19.4. The molecule has 35 heavy (non-hydrogen) atoms. The van der Waals surface area contributed by atoms with E-state index in [4.69, 9.17) is 9.47 Å². The van der Waals surface area contributed by atoms with Crippen molar-refractivity contribution in [1.82, 2.24) is 0 Å². The Bertz CT molecular complexity index is 1170. The van der Waals surface area contributed by atoms with Crippen molar-refractivity contribution in [3.63, 3.8) is 0 Å². The van der Waals surface area contributed by atoms with E-state index in [0.717, 1.165) is 11.6 Å². The van der Waals surface area contributed by atoms with E-state index >= 15 is 0 Å². The highest BCUT2D eigenvalue weighted by Crippen LogP contribution is 2.37. The van der Waals surface area contributed by atoms with Gasteiger partial charge in [-0.05, 0) is 47.5 Å². The predicted octanol–water partition coefficient (Wildman–Crippen LogP) is 5.77. The Balaban J connectivity index is 1.42. The van der Waals surface area contributed by atoms with E-state index < -0.39 is 17.6 Å². The molecule has 1 heterocycles. The number of carbonyl (C=O) groups excluding carboxylic acids is 1. The van der Waals surface area contributed by atoms with Crippen molar-refractivity contribution in [3.05, 3.63) is 95.6 Å². The molecule has 4 rings (SSSR count). The normalized spacial score (nSPS) is 14.2. The summed E-state index contributed by atoms with van der Waals surface area (Å²) in [7, 11) is 0. The lowest BCUT2D eigenvalue weighted by Gasteiger charge is -2.29. The lowest BCUT2D eigenvalue weighted by Crippen LogP contribution is -2.36. The van der Waals surface area contributed by atoms with E-state index in [1.54, 1.807) is 30.3 Å². The summed E-state index contributed by atoms with van der Waals surface area (Å²) in [6, 6.07) is 20.7. The fourth-order valence-electron chi connectivity index (χ4n) is 3.69. The monoisotopic (exact) mass is 482 g/mol. The number of alkyl halides is 3. The number of morpholine rings is 1. The Morgan fingerprint density at radius 2 is 1.77 bits per heavy atom. The topological polar surface area (TPSA) is 50.8 Å². The third kappa shape index (κ3) is 6.86. The number of ether oxygens (including phenoxy) is 2. The quantitative estimate of drug-likeness (QED) is 0.434. The highest BCUT2D eigenvalue weighted by Gasteiger charge is 2.34. The van der Waals surface area contributed by atoms with Gasteiger partial charge in [-0.25, -0.2) is 0 Å². The lowest BCUT2D eigenvalue weighted by atomic mass is 10.1. The maximum absolute atomic E-state index is 13.7. The van der Waals surface area contributed by atoms with E-state index in [-0.39, 0.29) is 5.69 Å². The molecule has 3 aromatic carbocycles. The minimum Gasteiger partial charge on any atom is -0.489 e. The lowest BCUT2D eigenvalue weighted by molar-refractivity contribution is -0.136.